The standard InChI is InChI=1S/C37H55NO6/c1-11-22(2)17-25(5)35-28(8)20-27(7)34(43-30(10)39)26(6)18-23(3)33(40)24(4)19-29(9)36(41)38-32(37(42)44-35)21-31-15-13-12-14-16-31/h12-16,18-20,22,24-26,28,32-35,40H,11,17,21H2,1-10H3,(H,38,41)/b23-18-,27-20+,29-19-/t22-,24-,25-,26?,28-,32?,33-,34-,35?/m0/s1. The van der Waals surface area contributed by atoms with Crippen LogP contribution in [-0.2, 0) is 30.3 Å². The molecule has 7 nitrogen and oxygen atoms in total. The van der Waals surface area contributed by atoms with Crippen LogP contribution >= 0.6 is 0 Å². The van der Waals surface area contributed by atoms with Gasteiger partial charge in [-0.2, -0.15) is 0 Å². The van der Waals surface area contributed by atoms with Crippen molar-refractivity contribution in [2.24, 2.45) is 29.6 Å². The Morgan fingerprint density at radius 2 is 1.57 bits per heavy atom. The number of amides is 1. The highest BCUT2D eigenvalue weighted by Crippen LogP contribution is 2.30. The number of esters is 2. The smallest absolute Gasteiger partial charge is 0.329 e. The molecule has 0 saturated heterocycles. The van der Waals surface area contributed by atoms with Gasteiger partial charge in [0.25, 0.3) is 0 Å². The molecule has 9 atom stereocenters. The maximum absolute atomic E-state index is 13.9. The Morgan fingerprint density at radius 3 is 2.16 bits per heavy atom. The molecule has 0 bridgehead atoms. The van der Waals surface area contributed by atoms with Crippen LogP contribution in [0.3, 0.4) is 0 Å². The average Bonchev–Trinajstić information content (AvgIpc) is 2.96. The Labute approximate surface area is 265 Å². The van der Waals surface area contributed by atoms with Crippen molar-refractivity contribution >= 4 is 17.8 Å². The molecule has 1 aromatic carbocycles. The predicted octanol–water partition coefficient (Wildman–Crippen LogP) is 6.75. The molecule has 1 heterocycles. The molecule has 244 valence electrons. The lowest BCUT2D eigenvalue weighted by Crippen LogP contribution is -2.46. The van der Waals surface area contributed by atoms with Crippen LogP contribution in [0.15, 0.2) is 65.3 Å². The fourth-order valence-electron chi connectivity index (χ4n) is 6.18. The van der Waals surface area contributed by atoms with Crippen molar-refractivity contribution in [3.63, 3.8) is 0 Å². The molecule has 0 fully saturated rings. The van der Waals surface area contributed by atoms with E-state index in [-0.39, 0.29) is 36.0 Å². The van der Waals surface area contributed by atoms with Gasteiger partial charge < -0.3 is 19.9 Å². The van der Waals surface area contributed by atoms with Crippen molar-refractivity contribution in [1.82, 2.24) is 5.32 Å². The largest absolute Gasteiger partial charge is 0.460 e. The van der Waals surface area contributed by atoms with Crippen molar-refractivity contribution in [3.05, 3.63) is 70.8 Å². The Morgan fingerprint density at radius 1 is 0.955 bits per heavy atom. The van der Waals surface area contributed by atoms with Crippen LogP contribution in [0.1, 0.15) is 87.6 Å². The molecule has 2 N–H and O–H groups in total. The number of cyclic esters (lactones) is 1. The molecule has 7 heteroatoms. The van der Waals surface area contributed by atoms with Crippen LogP contribution in [0.25, 0.3) is 0 Å². The number of aliphatic hydroxyl groups excluding tert-OH is 1. The molecule has 0 saturated carbocycles. The van der Waals surface area contributed by atoms with Crippen molar-refractivity contribution in [2.45, 2.75) is 113 Å². The van der Waals surface area contributed by atoms with E-state index < -0.39 is 36.3 Å². The number of ether oxygens (including phenoxy) is 2. The van der Waals surface area contributed by atoms with E-state index in [2.05, 4.69) is 26.1 Å². The zero-order chi connectivity index (χ0) is 33.1. The van der Waals surface area contributed by atoms with Crippen LogP contribution in [-0.4, -0.2) is 47.3 Å². The van der Waals surface area contributed by atoms with Gasteiger partial charge in [-0.05, 0) is 55.7 Å². The molecule has 0 spiro atoms. The lowest BCUT2D eigenvalue weighted by molar-refractivity contribution is -0.157. The molecule has 0 aromatic heterocycles. The van der Waals surface area contributed by atoms with Gasteiger partial charge in [0.15, 0.2) is 0 Å². The van der Waals surface area contributed by atoms with E-state index in [1.54, 1.807) is 13.0 Å². The minimum Gasteiger partial charge on any atom is -0.460 e. The molecule has 1 aliphatic heterocycles. The molecule has 0 radical (unpaired) electrons. The average molecular weight is 610 g/mol. The SMILES string of the molecule is CC[C@H](C)C[C@H](C)C1OC(=O)C(Cc2ccccc2)NC(=O)/C(C)=C\[C@H](C)[C@@H](O)/C(C)=C\C(C)[C@H](OC(C)=O)/C(C)=C/[C@@H]1C. The first-order valence-corrected chi connectivity index (χ1v) is 16.1. The molecule has 0 aliphatic carbocycles. The van der Waals surface area contributed by atoms with E-state index in [9.17, 15) is 19.5 Å². The lowest BCUT2D eigenvalue weighted by Gasteiger charge is -2.32. The van der Waals surface area contributed by atoms with E-state index in [1.165, 1.54) is 6.92 Å². The minimum atomic E-state index is -0.907. The third-order valence-electron chi connectivity index (χ3n) is 8.78. The number of hydrogen-bond donors (Lipinski definition) is 2. The van der Waals surface area contributed by atoms with E-state index in [0.29, 0.717) is 11.5 Å². The molecule has 1 aliphatic rings. The van der Waals surface area contributed by atoms with Crippen molar-refractivity contribution in [2.75, 3.05) is 0 Å². The first-order valence-electron chi connectivity index (χ1n) is 16.1. The Balaban J connectivity index is 2.68. The van der Waals surface area contributed by atoms with E-state index in [1.807, 2.05) is 77.1 Å². The molecule has 3 unspecified atom stereocenters. The molecule has 44 heavy (non-hydrogen) atoms. The highest BCUT2D eigenvalue weighted by atomic mass is 16.5. The summed E-state index contributed by atoms with van der Waals surface area (Å²) in [6, 6.07) is 8.65. The first kappa shape index (κ1) is 37.0. The summed E-state index contributed by atoms with van der Waals surface area (Å²) in [5.74, 6) is -1.62. The number of hydrogen-bond acceptors (Lipinski definition) is 6. The van der Waals surface area contributed by atoms with E-state index in [4.69, 9.17) is 9.47 Å². The molecule has 2 rings (SSSR count). The van der Waals surface area contributed by atoms with E-state index >= 15 is 0 Å². The number of rotatable bonds is 7. The third-order valence-corrected chi connectivity index (χ3v) is 8.78. The fraction of sp³-hybridized carbons (Fsp3) is 0.595. The van der Waals surface area contributed by atoms with Gasteiger partial charge in [-0.25, -0.2) is 4.79 Å². The zero-order valence-corrected chi connectivity index (χ0v) is 28.4. The second kappa shape index (κ2) is 17.3. The van der Waals surface area contributed by atoms with Crippen molar-refractivity contribution in [1.29, 1.82) is 0 Å². The number of nitrogens with one attached hydrogen (secondary N) is 1. The van der Waals surface area contributed by atoms with Gasteiger partial charge in [-0.3, -0.25) is 9.59 Å². The maximum atomic E-state index is 13.9. The van der Waals surface area contributed by atoms with Gasteiger partial charge in [0.2, 0.25) is 5.91 Å². The third kappa shape index (κ3) is 11.1. The Kier molecular flexibility index (Phi) is 14.6. The minimum absolute atomic E-state index is 0.0347. The summed E-state index contributed by atoms with van der Waals surface area (Å²) in [6.07, 6.45) is 5.95. The van der Waals surface area contributed by atoms with Crippen LogP contribution in [0.4, 0.5) is 0 Å². The van der Waals surface area contributed by atoms with Gasteiger partial charge in [-0.15, -0.1) is 0 Å². The number of aliphatic hydroxyl groups is 1. The second-order valence-electron chi connectivity index (χ2n) is 13.1. The molecule has 1 aromatic rings. The first-order chi connectivity index (χ1) is 20.6. The Bertz CT molecular complexity index is 1200. The highest BCUT2D eigenvalue weighted by molar-refractivity contribution is 5.95. The van der Waals surface area contributed by atoms with Crippen molar-refractivity contribution in [3.8, 4) is 0 Å². The lowest BCUT2D eigenvalue weighted by atomic mass is 9.84. The molecular weight excluding hydrogens is 554 g/mol. The summed E-state index contributed by atoms with van der Waals surface area (Å²) in [6.45, 7) is 19.1. The van der Waals surface area contributed by atoms with Gasteiger partial charge in [0.05, 0.1) is 6.10 Å². The Hall–Kier alpha value is -3.19. The monoisotopic (exact) mass is 609 g/mol. The summed E-state index contributed by atoms with van der Waals surface area (Å²) in [7, 11) is 0. The van der Waals surface area contributed by atoms with Gasteiger partial charge in [0.1, 0.15) is 18.2 Å². The van der Waals surface area contributed by atoms with Gasteiger partial charge in [0, 0.05) is 36.7 Å². The second-order valence-corrected chi connectivity index (χ2v) is 13.1. The predicted molar refractivity (Wildman–Crippen MR) is 176 cm³/mol. The molecular formula is C37H55NO6. The van der Waals surface area contributed by atoms with Gasteiger partial charge in [-0.1, -0.05) is 96.5 Å². The summed E-state index contributed by atoms with van der Waals surface area (Å²) < 4.78 is 12.1. The number of carbonyl (C=O) groups excluding carboxylic acids is 3. The van der Waals surface area contributed by atoms with Crippen LogP contribution in [0, 0.1) is 29.6 Å². The summed E-state index contributed by atoms with van der Waals surface area (Å²) in [5, 5.41) is 14.1. The zero-order valence-electron chi connectivity index (χ0n) is 28.4. The van der Waals surface area contributed by atoms with Crippen LogP contribution in [0.2, 0.25) is 0 Å². The summed E-state index contributed by atoms with van der Waals surface area (Å²) in [4.78, 5) is 39.5. The van der Waals surface area contributed by atoms with E-state index in [0.717, 1.165) is 29.6 Å². The molecule has 1 amide bonds. The van der Waals surface area contributed by atoms with Gasteiger partial charge >= 0.3 is 11.9 Å². The van der Waals surface area contributed by atoms with Crippen LogP contribution in [0.5, 0.6) is 0 Å². The quantitative estimate of drug-likeness (QED) is 0.262. The van der Waals surface area contributed by atoms with Crippen LogP contribution < -0.4 is 5.32 Å². The maximum Gasteiger partial charge on any atom is 0.329 e. The normalized spacial score (nSPS) is 32.7. The van der Waals surface area contributed by atoms with Crippen molar-refractivity contribution < 1.29 is 29.0 Å². The number of carbonyl (C=O) groups is 3. The highest BCUT2D eigenvalue weighted by Gasteiger charge is 2.33. The fourth-order valence-corrected chi connectivity index (χ4v) is 6.18. The number of benzene rings is 1. The summed E-state index contributed by atoms with van der Waals surface area (Å²) in [5.41, 5.74) is 2.87. The topological polar surface area (TPSA) is 102 Å². The summed E-state index contributed by atoms with van der Waals surface area (Å²) >= 11 is 0.